The smallest absolute Gasteiger partial charge is 0.254 e. The Morgan fingerprint density at radius 2 is 1.75 bits per heavy atom. The summed E-state index contributed by atoms with van der Waals surface area (Å²) in [5.74, 6) is -2.03. The van der Waals surface area contributed by atoms with Gasteiger partial charge in [0.05, 0.1) is 12.1 Å². The van der Waals surface area contributed by atoms with E-state index in [1.165, 1.54) is 30.5 Å². The van der Waals surface area contributed by atoms with Crippen molar-refractivity contribution in [3.05, 3.63) is 89.5 Å². The van der Waals surface area contributed by atoms with Crippen molar-refractivity contribution in [2.45, 2.75) is 6.04 Å². The van der Waals surface area contributed by atoms with Crippen LogP contribution in [0.3, 0.4) is 0 Å². The van der Waals surface area contributed by atoms with E-state index in [0.29, 0.717) is 5.82 Å². The van der Waals surface area contributed by atoms with Crippen LogP contribution in [0.25, 0.3) is 0 Å². The fourth-order valence-corrected chi connectivity index (χ4v) is 2.76. The minimum Gasteiger partial charge on any atom is -0.343 e. The molecule has 2 N–H and O–H groups in total. The lowest BCUT2D eigenvalue weighted by Crippen LogP contribution is -2.40. The molecular weight excluding hydrogens is 366 g/mol. The molecule has 2 amide bonds. The quantitative estimate of drug-likeness (QED) is 0.685. The van der Waals surface area contributed by atoms with Crippen LogP contribution in [0.15, 0.2) is 60.9 Å². The Kier molecular flexibility index (Phi) is 5.78. The van der Waals surface area contributed by atoms with Crippen LogP contribution in [0, 0.1) is 11.6 Å². The molecule has 28 heavy (non-hydrogen) atoms. The maximum absolute atomic E-state index is 14.3. The molecule has 0 aliphatic heterocycles. The lowest BCUT2D eigenvalue weighted by molar-refractivity contribution is -0.120. The van der Waals surface area contributed by atoms with Gasteiger partial charge in [-0.25, -0.2) is 13.8 Å². The van der Waals surface area contributed by atoms with Crippen LogP contribution in [-0.2, 0) is 11.8 Å². The zero-order valence-corrected chi connectivity index (χ0v) is 15.0. The van der Waals surface area contributed by atoms with Crippen LogP contribution < -0.4 is 10.6 Å². The third-order valence-corrected chi connectivity index (χ3v) is 4.17. The lowest BCUT2D eigenvalue weighted by atomic mass is 10.1. The second-order valence-corrected chi connectivity index (χ2v) is 6.08. The fourth-order valence-electron chi connectivity index (χ4n) is 2.76. The Morgan fingerprint density at radius 1 is 1.07 bits per heavy atom. The SMILES string of the molecule is Cn1ccnc1[C@H](NC(=O)CNC(=O)c1ccccc1F)c1ccccc1F. The van der Waals surface area contributed by atoms with Crippen LogP contribution in [0.2, 0.25) is 0 Å². The van der Waals surface area contributed by atoms with Gasteiger partial charge in [-0.1, -0.05) is 30.3 Å². The van der Waals surface area contributed by atoms with Gasteiger partial charge in [0, 0.05) is 25.0 Å². The number of nitrogens with zero attached hydrogens (tertiary/aromatic N) is 2. The number of aryl methyl sites for hydroxylation is 1. The molecule has 144 valence electrons. The number of hydrogen-bond acceptors (Lipinski definition) is 3. The van der Waals surface area contributed by atoms with E-state index in [0.717, 1.165) is 6.07 Å². The average molecular weight is 384 g/mol. The summed E-state index contributed by atoms with van der Waals surface area (Å²) in [5, 5.41) is 5.03. The zero-order valence-electron chi connectivity index (χ0n) is 15.0. The topological polar surface area (TPSA) is 76.0 Å². The highest BCUT2D eigenvalue weighted by atomic mass is 19.1. The third-order valence-electron chi connectivity index (χ3n) is 4.17. The standard InChI is InChI=1S/C20H18F2N4O2/c1-26-11-10-23-19(26)18(13-6-2-4-8-15(13)21)25-17(27)12-24-20(28)14-7-3-5-9-16(14)22/h2-11,18H,12H2,1H3,(H,24,28)(H,25,27)/t18-/m1/s1. The Morgan fingerprint density at radius 3 is 2.39 bits per heavy atom. The number of nitrogens with one attached hydrogen (secondary N) is 2. The number of aromatic nitrogens is 2. The predicted molar refractivity (Wildman–Crippen MR) is 98.3 cm³/mol. The normalized spacial score (nSPS) is 11.7. The molecule has 0 bridgehead atoms. The number of benzene rings is 2. The van der Waals surface area contributed by atoms with Gasteiger partial charge in [-0.2, -0.15) is 0 Å². The second-order valence-electron chi connectivity index (χ2n) is 6.08. The molecule has 0 saturated heterocycles. The van der Waals surface area contributed by atoms with Crippen LogP contribution in [0.5, 0.6) is 0 Å². The van der Waals surface area contributed by atoms with E-state index < -0.39 is 36.0 Å². The second kappa shape index (κ2) is 8.43. The molecule has 8 heteroatoms. The minimum atomic E-state index is -0.848. The van der Waals surface area contributed by atoms with Crippen LogP contribution in [0.4, 0.5) is 8.78 Å². The molecule has 0 aliphatic carbocycles. The van der Waals surface area contributed by atoms with Gasteiger partial charge in [-0.15, -0.1) is 0 Å². The fraction of sp³-hybridized carbons (Fsp3) is 0.150. The number of rotatable bonds is 6. The molecule has 6 nitrogen and oxygen atoms in total. The van der Waals surface area contributed by atoms with Crippen LogP contribution >= 0.6 is 0 Å². The summed E-state index contributed by atoms with van der Waals surface area (Å²) in [5.41, 5.74) is 0.0793. The van der Waals surface area contributed by atoms with E-state index in [9.17, 15) is 18.4 Å². The van der Waals surface area contributed by atoms with Crippen molar-refractivity contribution in [3.63, 3.8) is 0 Å². The predicted octanol–water partition coefficient (Wildman–Crippen LogP) is 2.33. The minimum absolute atomic E-state index is 0.162. The van der Waals surface area contributed by atoms with Crippen molar-refractivity contribution in [2.75, 3.05) is 6.54 Å². The molecule has 0 radical (unpaired) electrons. The first-order valence-electron chi connectivity index (χ1n) is 8.51. The first kappa shape index (κ1) is 19.2. The van der Waals surface area contributed by atoms with E-state index in [-0.39, 0.29) is 11.1 Å². The Bertz CT molecular complexity index is 1000. The van der Waals surface area contributed by atoms with E-state index in [4.69, 9.17) is 0 Å². The van der Waals surface area contributed by atoms with E-state index in [1.54, 1.807) is 36.0 Å². The Hall–Kier alpha value is -3.55. The van der Waals surface area contributed by atoms with Crippen molar-refractivity contribution >= 4 is 11.8 Å². The monoisotopic (exact) mass is 384 g/mol. The van der Waals surface area contributed by atoms with Crippen LogP contribution in [-0.4, -0.2) is 27.9 Å². The molecule has 0 fully saturated rings. The largest absolute Gasteiger partial charge is 0.343 e. The van der Waals surface area contributed by atoms with Crippen molar-refractivity contribution in [1.82, 2.24) is 20.2 Å². The summed E-state index contributed by atoms with van der Waals surface area (Å²) in [4.78, 5) is 28.6. The number of imidazole rings is 1. The van der Waals surface area contributed by atoms with Gasteiger partial charge < -0.3 is 15.2 Å². The van der Waals surface area contributed by atoms with E-state index in [1.807, 2.05) is 0 Å². The number of amides is 2. The molecule has 2 aromatic carbocycles. The molecule has 3 aromatic rings. The highest BCUT2D eigenvalue weighted by Gasteiger charge is 2.23. The summed E-state index contributed by atoms with van der Waals surface area (Å²) in [6, 6.07) is 10.6. The van der Waals surface area contributed by atoms with Gasteiger partial charge >= 0.3 is 0 Å². The Labute approximate surface area is 160 Å². The summed E-state index contributed by atoms with van der Waals surface area (Å²) >= 11 is 0. The number of carbonyl (C=O) groups is 2. The van der Waals surface area contributed by atoms with Crippen molar-refractivity contribution in [1.29, 1.82) is 0 Å². The maximum Gasteiger partial charge on any atom is 0.254 e. The molecule has 1 atom stereocenters. The van der Waals surface area contributed by atoms with Crippen molar-refractivity contribution in [3.8, 4) is 0 Å². The molecule has 0 aliphatic rings. The molecule has 1 aromatic heterocycles. The highest BCUT2D eigenvalue weighted by molar-refractivity contribution is 5.96. The first-order valence-corrected chi connectivity index (χ1v) is 8.51. The first-order chi connectivity index (χ1) is 13.5. The molecule has 1 heterocycles. The van der Waals surface area contributed by atoms with E-state index in [2.05, 4.69) is 15.6 Å². The molecule has 0 saturated carbocycles. The number of halogens is 2. The Balaban J connectivity index is 1.74. The van der Waals surface area contributed by atoms with Gasteiger partial charge in [0.1, 0.15) is 23.5 Å². The van der Waals surface area contributed by atoms with Gasteiger partial charge in [-0.05, 0) is 18.2 Å². The third kappa shape index (κ3) is 4.22. The summed E-state index contributed by atoms with van der Waals surface area (Å²) in [6.45, 7) is -0.400. The number of carbonyl (C=O) groups excluding carboxylic acids is 2. The average Bonchev–Trinajstić information content (AvgIpc) is 3.11. The summed E-state index contributed by atoms with van der Waals surface area (Å²) in [6.07, 6.45) is 3.21. The van der Waals surface area contributed by atoms with Crippen LogP contribution in [0.1, 0.15) is 27.8 Å². The van der Waals surface area contributed by atoms with Crippen molar-refractivity contribution in [2.24, 2.45) is 7.05 Å². The lowest BCUT2D eigenvalue weighted by Gasteiger charge is -2.20. The molecule has 3 rings (SSSR count). The number of hydrogen-bond donors (Lipinski definition) is 2. The highest BCUT2D eigenvalue weighted by Crippen LogP contribution is 2.22. The van der Waals surface area contributed by atoms with Gasteiger partial charge in [0.2, 0.25) is 5.91 Å². The van der Waals surface area contributed by atoms with E-state index >= 15 is 0 Å². The summed E-state index contributed by atoms with van der Waals surface area (Å²) in [7, 11) is 1.72. The maximum atomic E-state index is 14.3. The molecule has 0 unspecified atom stereocenters. The molecule has 0 spiro atoms. The summed E-state index contributed by atoms with van der Waals surface area (Å²) < 4.78 is 29.6. The van der Waals surface area contributed by atoms with Gasteiger partial charge in [-0.3, -0.25) is 9.59 Å². The zero-order chi connectivity index (χ0) is 20.1. The van der Waals surface area contributed by atoms with Gasteiger partial charge in [0.25, 0.3) is 5.91 Å². The van der Waals surface area contributed by atoms with Crippen molar-refractivity contribution < 1.29 is 18.4 Å². The van der Waals surface area contributed by atoms with Gasteiger partial charge in [0.15, 0.2) is 0 Å². The molecular formula is C20H18F2N4O2.